The van der Waals surface area contributed by atoms with Gasteiger partial charge in [-0.2, -0.15) is 0 Å². The second-order valence-corrected chi connectivity index (χ2v) is 5.08. The van der Waals surface area contributed by atoms with Gasteiger partial charge in [0.15, 0.2) is 0 Å². The molecule has 2 aromatic rings. The molecular formula is C13H11NS2. The molecule has 0 saturated carbocycles. The molecule has 0 bridgehead atoms. The van der Waals surface area contributed by atoms with Gasteiger partial charge in [-0.3, -0.25) is 0 Å². The van der Waals surface area contributed by atoms with Gasteiger partial charge >= 0.3 is 0 Å². The van der Waals surface area contributed by atoms with Crippen molar-refractivity contribution < 1.29 is 0 Å². The molecule has 80 valence electrons. The number of thiocarbonyl (C=S) groups is 1. The minimum atomic E-state index is 0.760. The van der Waals surface area contributed by atoms with Crippen molar-refractivity contribution in [2.75, 3.05) is 5.73 Å². The van der Waals surface area contributed by atoms with Crippen molar-refractivity contribution in [2.24, 2.45) is 0 Å². The molecule has 0 aromatic heterocycles. The Balaban J connectivity index is 2.12. The summed E-state index contributed by atoms with van der Waals surface area (Å²) in [5.41, 5.74) is 7.43. The lowest BCUT2D eigenvalue weighted by molar-refractivity contribution is 1.48. The van der Waals surface area contributed by atoms with Gasteiger partial charge in [-0.1, -0.05) is 54.3 Å². The van der Waals surface area contributed by atoms with E-state index in [4.69, 9.17) is 18.0 Å². The summed E-state index contributed by atoms with van der Waals surface area (Å²) in [6.45, 7) is 0. The number of anilines is 1. The lowest BCUT2D eigenvalue weighted by atomic mass is 10.2. The predicted octanol–water partition coefficient (Wildman–Crippen LogP) is 3.74. The highest BCUT2D eigenvalue weighted by molar-refractivity contribution is 8.23. The third-order valence-electron chi connectivity index (χ3n) is 2.10. The molecule has 0 atom stereocenters. The van der Waals surface area contributed by atoms with Crippen LogP contribution in [-0.2, 0) is 0 Å². The van der Waals surface area contributed by atoms with Crippen LogP contribution in [0.5, 0.6) is 0 Å². The molecule has 0 amide bonds. The molecule has 0 aliphatic rings. The SMILES string of the molecule is Nc1ccc(C(=S)Sc2ccccc2)cc1. The van der Waals surface area contributed by atoms with Crippen molar-refractivity contribution in [1.29, 1.82) is 0 Å². The average molecular weight is 245 g/mol. The van der Waals surface area contributed by atoms with E-state index >= 15 is 0 Å². The summed E-state index contributed by atoms with van der Waals surface area (Å²) >= 11 is 6.96. The molecule has 0 aliphatic carbocycles. The first-order valence-electron chi connectivity index (χ1n) is 4.88. The number of hydrogen-bond donors (Lipinski definition) is 1. The van der Waals surface area contributed by atoms with Crippen molar-refractivity contribution in [3.05, 3.63) is 60.2 Å². The van der Waals surface area contributed by atoms with Crippen molar-refractivity contribution >= 4 is 33.9 Å². The lowest BCUT2D eigenvalue weighted by Crippen LogP contribution is -1.92. The highest BCUT2D eigenvalue weighted by atomic mass is 32.2. The van der Waals surface area contributed by atoms with Crippen LogP contribution in [0, 0.1) is 0 Å². The molecule has 0 heterocycles. The maximum absolute atomic E-state index is 5.63. The van der Waals surface area contributed by atoms with Gasteiger partial charge in [0.2, 0.25) is 0 Å². The largest absolute Gasteiger partial charge is 0.399 e. The van der Waals surface area contributed by atoms with Gasteiger partial charge < -0.3 is 5.73 Å². The molecule has 0 aliphatic heterocycles. The molecule has 0 radical (unpaired) electrons. The number of nitrogens with two attached hydrogens (primary N) is 1. The van der Waals surface area contributed by atoms with E-state index in [0.717, 1.165) is 20.3 Å². The summed E-state index contributed by atoms with van der Waals surface area (Å²) in [7, 11) is 0. The number of rotatable bonds is 2. The third-order valence-corrected chi connectivity index (χ3v) is 3.51. The lowest BCUT2D eigenvalue weighted by Gasteiger charge is -2.03. The van der Waals surface area contributed by atoms with Crippen LogP contribution in [0.3, 0.4) is 0 Å². The van der Waals surface area contributed by atoms with Gasteiger partial charge in [-0.25, -0.2) is 0 Å². The van der Waals surface area contributed by atoms with E-state index in [1.807, 2.05) is 54.6 Å². The van der Waals surface area contributed by atoms with Crippen LogP contribution in [0.2, 0.25) is 0 Å². The zero-order chi connectivity index (χ0) is 11.4. The van der Waals surface area contributed by atoms with Crippen molar-refractivity contribution in [3.8, 4) is 0 Å². The minimum absolute atomic E-state index is 0.760. The van der Waals surface area contributed by atoms with Crippen molar-refractivity contribution in [2.45, 2.75) is 4.90 Å². The maximum Gasteiger partial charge on any atom is 0.0825 e. The van der Waals surface area contributed by atoms with Gasteiger partial charge in [-0.15, -0.1) is 0 Å². The molecule has 0 unspecified atom stereocenters. The number of nitrogen functional groups attached to an aromatic ring is 1. The van der Waals surface area contributed by atoms with E-state index in [1.165, 1.54) is 0 Å². The Labute approximate surface area is 105 Å². The molecule has 0 spiro atoms. The molecule has 0 fully saturated rings. The maximum atomic E-state index is 5.63. The summed E-state index contributed by atoms with van der Waals surface area (Å²) in [4.78, 5) is 1.16. The topological polar surface area (TPSA) is 26.0 Å². The molecule has 0 saturated heterocycles. The fourth-order valence-electron chi connectivity index (χ4n) is 1.27. The van der Waals surface area contributed by atoms with Crippen LogP contribution in [0.1, 0.15) is 5.56 Å². The molecule has 16 heavy (non-hydrogen) atoms. The molecule has 2 N–H and O–H groups in total. The van der Waals surface area contributed by atoms with Crippen LogP contribution >= 0.6 is 24.0 Å². The smallest absolute Gasteiger partial charge is 0.0825 e. The van der Waals surface area contributed by atoms with Crippen LogP contribution in [-0.4, -0.2) is 4.20 Å². The summed E-state index contributed by atoms with van der Waals surface area (Å²) in [5, 5.41) is 0. The predicted molar refractivity (Wildman–Crippen MR) is 74.9 cm³/mol. The number of thioether (sulfide) groups is 1. The normalized spacial score (nSPS) is 10.0. The van der Waals surface area contributed by atoms with Gasteiger partial charge in [0, 0.05) is 10.6 Å². The highest BCUT2D eigenvalue weighted by Gasteiger charge is 2.02. The average Bonchev–Trinajstić information content (AvgIpc) is 2.31. The van der Waals surface area contributed by atoms with E-state index < -0.39 is 0 Å². The number of hydrogen-bond acceptors (Lipinski definition) is 3. The van der Waals surface area contributed by atoms with Crippen LogP contribution in [0.4, 0.5) is 5.69 Å². The molecule has 2 rings (SSSR count). The first-order chi connectivity index (χ1) is 7.75. The van der Waals surface area contributed by atoms with Gasteiger partial charge in [0.25, 0.3) is 0 Å². The molecular weight excluding hydrogens is 234 g/mol. The Morgan fingerprint density at radius 3 is 2.19 bits per heavy atom. The zero-order valence-electron chi connectivity index (χ0n) is 8.59. The standard InChI is InChI=1S/C13H11NS2/c14-11-8-6-10(7-9-11)13(15)16-12-4-2-1-3-5-12/h1-9H,14H2. The van der Waals surface area contributed by atoms with Crippen LogP contribution < -0.4 is 5.73 Å². The molecule has 3 heteroatoms. The second-order valence-electron chi connectivity index (χ2n) is 3.32. The second kappa shape index (κ2) is 5.14. The van der Waals surface area contributed by atoms with E-state index in [-0.39, 0.29) is 0 Å². The highest BCUT2D eigenvalue weighted by Crippen LogP contribution is 2.23. The van der Waals surface area contributed by atoms with Crippen molar-refractivity contribution in [3.63, 3.8) is 0 Å². The van der Waals surface area contributed by atoms with E-state index in [1.54, 1.807) is 11.8 Å². The van der Waals surface area contributed by atoms with E-state index in [0.29, 0.717) is 0 Å². The Morgan fingerprint density at radius 1 is 0.938 bits per heavy atom. The summed E-state index contributed by atoms with van der Waals surface area (Å²) < 4.78 is 0.867. The minimum Gasteiger partial charge on any atom is -0.399 e. The Hall–Kier alpha value is -1.32. The number of benzene rings is 2. The summed E-state index contributed by atoms with van der Waals surface area (Å²) in [6.07, 6.45) is 0. The Morgan fingerprint density at radius 2 is 1.56 bits per heavy atom. The van der Waals surface area contributed by atoms with Gasteiger partial charge in [-0.05, 0) is 29.8 Å². The molecule has 2 aromatic carbocycles. The molecule has 1 nitrogen and oxygen atoms in total. The summed E-state index contributed by atoms with van der Waals surface area (Å²) in [6, 6.07) is 17.8. The monoisotopic (exact) mass is 245 g/mol. The van der Waals surface area contributed by atoms with E-state index in [2.05, 4.69) is 0 Å². The first-order valence-corrected chi connectivity index (χ1v) is 6.11. The Kier molecular flexibility index (Phi) is 3.59. The van der Waals surface area contributed by atoms with E-state index in [9.17, 15) is 0 Å². The first kappa shape index (κ1) is 11.2. The summed E-state index contributed by atoms with van der Waals surface area (Å²) in [5.74, 6) is 0. The van der Waals surface area contributed by atoms with Crippen molar-refractivity contribution in [1.82, 2.24) is 0 Å². The zero-order valence-corrected chi connectivity index (χ0v) is 10.2. The Bertz CT molecular complexity index is 477. The fraction of sp³-hybridized carbons (Fsp3) is 0. The van der Waals surface area contributed by atoms with Crippen LogP contribution in [0.25, 0.3) is 0 Å². The third kappa shape index (κ3) is 2.84. The van der Waals surface area contributed by atoms with Crippen LogP contribution in [0.15, 0.2) is 59.5 Å². The fourth-order valence-corrected chi connectivity index (χ4v) is 2.46. The quantitative estimate of drug-likeness (QED) is 0.496. The van der Waals surface area contributed by atoms with Gasteiger partial charge in [0.1, 0.15) is 0 Å². The van der Waals surface area contributed by atoms with Gasteiger partial charge in [0.05, 0.1) is 4.20 Å².